The average Bonchev–Trinajstić information content (AvgIpc) is 2.72. The summed E-state index contributed by atoms with van der Waals surface area (Å²) in [6.45, 7) is 7.07. The number of nitrogens with one attached hydrogen (secondary N) is 1. The van der Waals surface area contributed by atoms with Gasteiger partial charge in [0.1, 0.15) is 6.26 Å². The molecule has 1 aromatic carbocycles. The SMILES string of the molecule is CC(C)(C)NCc1coc(-c2cc(Br)cc(Br)c2)n1. The van der Waals surface area contributed by atoms with Crippen LogP contribution in [-0.4, -0.2) is 10.5 Å². The molecule has 102 valence electrons. The molecule has 0 atom stereocenters. The standard InChI is InChI=1S/C14H16Br2N2O/c1-14(2,3)17-7-12-8-19-13(18-12)9-4-10(15)6-11(16)5-9/h4-6,8,17H,7H2,1-3H3. The Bertz CT molecular complexity index is 553. The lowest BCUT2D eigenvalue weighted by Gasteiger charge is -2.19. The highest BCUT2D eigenvalue weighted by Gasteiger charge is 2.12. The van der Waals surface area contributed by atoms with Crippen molar-refractivity contribution in [3.63, 3.8) is 0 Å². The quantitative estimate of drug-likeness (QED) is 0.825. The van der Waals surface area contributed by atoms with Crippen molar-refractivity contribution in [1.82, 2.24) is 10.3 Å². The van der Waals surface area contributed by atoms with Gasteiger partial charge in [-0.25, -0.2) is 4.98 Å². The highest BCUT2D eigenvalue weighted by atomic mass is 79.9. The molecule has 0 aliphatic heterocycles. The van der Waals surface area contributed by atoms with E-state index in [1.54, 1.807) is 6.26 Å². The molecule has 2 rings (SSSR count). The molecule has 1 heterocycles. The second-order valence-corrected chi connectivity index (χ2v) is 7.24. The van der Waals surface area contributed by atoms with Gasteiger partial charge in [-0.1, -0.05) is 31.9 Å². The van der Waals surface area contributed by atoms with E-state index in [2.05, 4.69) is 62.9 Å². The van der Waals surface area contributed by atoms with Gasteiger partial charge >= 0.3 is 0 Å². The first kappa shape index (κ1) is 14.8. The van der Waals surface area contributed by atoms with Crippen LogP contribution in [0.1, 0.15) is 26.5 Å². The smallest absolute Gasteiger partial charge is 0.226 e. The van der Waals surface area contributed by atoms with Crippen LogP contribution in [0.15, 0.2) is 37.8 Å². The molecule has 0 radical (unpaired) electrons. The number of rotatable bonds is 3. The van der Waals surface area contributed by atoms with E-state index in [1.807, 2.05) is 18.2 Å². The van der Waals surface area contributed by atoms with E-state index in [0.717, 1.165) is 20.2 Å². The normalized spacial score (nSPS) is 11.8. The third kappa shape index (κ3) is 4.44. The van der Waals surface area contributed by atoms with Gasteiger partial charge in [0.25, 0.3) is 0 Å². The summed E-state index contributed by atoms with van der Waals surface area (Å²) >= 11 is 6.92. The Kier molecular flexibility index (Phi) is 4.48. The average molecular weight is 388 g/mol. The summed E-state index contributed by atoms with van der Waals surface area (Å²) in [4.78, 5) is 4.49. The third-order valence-electron chi connectivity index (χ3n) is 2.46. The zero-order valence-electron chi connectivity index (χ0n) is 11.1. The topological polar surface area (TPSA) is 38.1 Å². The molecule has 0 aliphatic rings. The Balaban J connectivity index is 2.16. The molecule has 0 spiro atoms. The van der Waals surface area contributed by atoms with E-state index in [0.29, 0.717) is 12.4 Å². The summed E-state index contributed by atoms with van der Waals surface area (Å²) in [5.74, 6) is 0.632. The maximum absolute atomic E-state index is 5.53. The summed E-state index contributed by atoms with van der Waals surface area (Å²) < 4.78 is 7.51. The molecule has 0 saturated heterocycles. The van der Waals surface area contributed by atoms with Crippen LogP contribution in [0, 0.1) is 0 Å². The molecule has 0 bridgehead atoms. The highest BCUT2D eigenvalue weighted by molar-refractivity contribution is 9.11. The second-order valence-electron chi connectivity index (χ2n) is 5.41. The van der Waals surface area contributed by atoms with Gasteiger partial charge < -0.3 is 9.73 Å². The van der Waals surface area contributed by atoms with Crippen LogP contribution in [0.2, 0.25) is 0 Å². The largest absolute Gasteiger partial charge is 0.444 e. The first-order valence-electron chi connectivity index (χ1n) is 5.99. The second kappa shape index (κ2) is 5.77. The Morgan fingerprint density at radius 2 is 1.79 bits per heavy atom. The summed E-state index contributed by atoms with van der Waals surface area (Å²) in [7, 11) is 0. The van der Waals surface area contributed by atoms with Crippen molar-refractivity contribution in [2.75, 3.05) is 0 Å². The number of nitrogens with zero attached hydrogens (tertiary/aromatic N) is 1. The molecule has 0 aliphatic carbocycles. The Labute approximate surface area is 130 Å². The Morgan fingerprint density at radius 1 is 1.16 bits per heavy atom. The number of halogens is 2. The molecule has 0 fully saturated rings. The zero-order chi connectivity index (χ0) is 14.0. The van der Waals surface area contributed by atoms with Gasteiger partial charge in [0, 0.05) is 26.6 Å². The van der Waals surface area contributed by atoms with Crippen LogP contribution in [0.4, 0.5) is 0 Å². The molecule has 19 heavy (non-hydrogen) atoms. The molecular weight excluding hydrogens is 372 g/mol. The maximum Gasteiger partial charge on any atom is 0.226 e. The van der Waals surface area contributed by atoms with Gasteiger partial charge in [-0.2, -0.15) is 0 Å². The first-order valence-corrected chi connectivity index (χ1v) is 7.58. The van der Waals surface area contributed by atoms with Crippen LogP contribution in [0.25, 0.3) is 11.5 Å². The molecule has 5 heteroatoms. The molecular formula is C14H16Br2N2O. The fourth-order valence-corrected chi connectivity index (χ4v) is 2.85. The third-order valence-corrected chi connectivity index (χ3v) is 3.38. The van der Waals surface area contributed by atoms with Gasteiger partial charge in [-0.05, 0) is 39.0 Å². The summed E-state index contributed by atoms with van der Waals surface area (Å²) in [5.41, 5.74) is 1.92. The number of aromatic nitrogens is 1. The lowest BCUT2D eigenvalue weighted by atomic mass is 10.1. The minimum absolute atomic E-state index is 0.0674. The van der Waals surface area contributed by atoms with Crippen molar-refractivity contribution >= 4 is 31.9 Å². The fraction of sp³-hybridized carbons (Fsp3) is 0.357. The van der Waals surface area contributed by atoms with Crippen molar-refractivity contribution in [3.05, 3.63) is 39.1 Å². The lowest BCUT2D eigenvalue weighted by molar-refractivity contribution is 0.421. The zero-order valence-corrected chi connectivity index (χ0v) is 14.3. The van der Waals surface area contributed by atoms with Crippen LogP contribution < -0.4 is 5.32 Å². The summed E-state index contributed by atoms with van der Waals surface area (Å²) in [6.07, 6.45) is 1.70. The van der Waals surface area contributed by atoms with Crippen LogP contribution in [0.3, 0.4) is 0 Å². The van der Waals surface area contributed by atoms with E-state index >= 15 is 0 Å². The minimum atomic E-state index is 0.0674. The Hall–Kier alpha value is -0.650. The fourth-order valence-electron chi connectivity index (χ4n) is 1.55. The van der Waals surface area contributed by atoms with Crippen LogP contribution in [-0.2, 0) is 6.54 Å². The Morgan fingerprint density at radius 3 is 2.37 bits per heavy atom. The van der Waals surface area contributed by atoms with Gasteiger partial charge in [0.2, 0.25) is 5.89 Å². The maximum atomic E-state index is 5.53. The number of oxazole rings is 1. The van der Waals surface area contributed by atoms with Gasteiger partial charge in [-0.15, -0.1) is 0 Å². The monoisotopic (exact) mass is 386 g/mol. The van der Waals surface area contributed by atoms with E-state index in [1.165, 1.54) is 0 Å². The molecule has 2 aromatic rings. The van der Waals surface area contributed by atoms with Gasteiger partial charge in [0.05, 0.1) is 5.69 Å². The molecule has 0 amide bonds. The molecule has 3 nitrogen and oxygen atoms in total. The number of benzene rings is 1. The molecule has 1 N–H and O–H groups in total. The molecule has 0 unspecified atom stereocenters. The van der Waals surface area contributed by atoms with E-state index in [4.69, 9.17) is 4.42 Å². The number of hydrogen-bond acceptors (Lipinski definition) is 3. The molecule has 1 aromatic heterocycles. The van der Waals surface area contributed by atoms with E-state index < -0.39 is 0 Å². The van der Waals surface area contributed by atoms with Crippen molar-refractivity contribution in [2.45, 2.75) is 32.9 Å². The van der Waals surface area contributed by atoms with Gasteiger partial charge in [-0.3, -0.25) is 0 Å². The predicted molar refractivity (Wildman–Crippen MR) is 83.9 cm³/mol. The first-order chi connectivity index (χ1) is 8.83. The number of hydrogen-bond donors (Lipinski definition) is 1. The summed E-state index contributed by atoms with van der Waals surface area (Å²) in [5, 5.41) is 3.38. The molecule has 0 saturated carbocycles. The summed E-state index contributed by atoms with van der Waals surface area (Å²) in [6, 6.07) is 5.95. The van der Waals surface area contributed by atoms with Crippen LogP contribution >= 0.6 is 31.9 Å². The van der Waals surface area contributed by atoms with Crippen molar-refractivity contribution in [3.8, 4) is 11.5 Å². The minimum Gasteiger partial charge on any atom is -0.444 e. The van der Waals surface area contributed by atoms with Crippen molar-refractivity contribution in [2.24, 2.45) is 0 Å². The van der Waals surface area contributed by atoms with Crippen molar-refractivity contribution in [1.29, 1.82) is 0 Å². The van der Waals surface area contributed by atoms with E-state index in [9.17, 15) is 0 Å². The van der Waals surface area contributed by atoms with Gasteiger partial charge in [0.15, 0.2) is 0 Å². The van der Waals surface area contributed by atoms with Crippen LogP contribution in [0.5, 0.6) is 0 Å². The highest BCUT2D eigenvalue weighted by Crippen LogP contribution is 2.27. The van der Waals surface area contributed by atoms with Crippen molar-refractivity contribution < 1.29 is 4.42 Å². The van der Waals surface area contributed by atoms with E-state index in [-0.39, 0.29) is 5.54 Å². The lowest BCUT2D eigenvalue weighted by Crippen LogP contribution is -2.35. The predicted octanol–water partition coefficient (Wildman–Crippen LogP) is 4.75.